The van der Waals surface area contributed by atoms with Crippen LogP contribution in [-0.2, 0) is 0 Å². The smallest absolute Gasteiger partial charge is 0.273 e. The summed E-state index contributed by atoms with van der Waals surface area (Å²) >= 11 is 6.30. The molecule has 1 rings (SSSR count). The summed E-state index contributed by atoms with van der Waals surface area (Å²) in [6.07, 6.45) is -1.10. The first kappa shape index (κ1) is 14.5. The number of hydrogen-bond donors (Lipinski definition) is 0. The number of amides is 1. The fraction of sp³-hybridized carbons (Fsp3) is 0.400. The third-order valence-corrected chi connectivity index (χ3v) is 2.96. The number of alkyl halides is 3. The zero-order valence-electron chi connectivity index (χ0n) is 8.75. The van der Waals surface area contributed by atoms with Crippen molar-refractivity contribution >= 4 is 37.8 Å². The predicted molar refractivity (Wildman–Crippen MR) is 67.6 cm³/mol. The summed E-state index contributed by atoms with van der Waals surface area (Å²) in [6.45, 7) is -0.375. The lowest BCUT2D eigenvalue weighted by atomic mass is 10.3. The maximum atomic E-state index is 12.3. The van der Waals surface area contributed by atoms with Gasteiger partial charge in [0.1, 0.15) is 5.69 Å². The highest BCUT2D eigenvalue weighted by atomic mass is 79.9. The molecule has 0 radical (unpaired) electrons. The van der Waals surface area contributed by atoms with E-state index in [1.54, 1.807) is 12.1 Å². The largest absolute Gasteiger partial charge is 0.331 e. The minimum atomic E-state index is -2.56. The Labute approximate surface area is 114 Å². The molecule has 0 N–H and O–H groups in total. The summed E-state index contributed by atoms with van der Waals surface area (Å²) in [5.74, 6) is -0.503. The number of nitrogens with zero attached hydrogens (tertiary/aromatic N) is 2. The Kier molecular flexibility index (Phi) is 5.97. The van der Waals surface area contributed by atoms with Crippen LogP contribution in [0.4, 0.5) is 8.78 Å². The number of rotatable bonds is 5. The first-order valence-electron chi connectivity index (χ1n) is 4.80. The highest BCUT2D eigenvalue weighted by molar-refractivity contribution is 9.10. The summed E-state index contributed by atoms with van der Waals surface area (Å²) in [5, 5.41) is 0.440. The van der Waals surface area contributed by atoms with E-state index < -0.39 is 18.9 Å². The molecule has 0 aliphatic carbocycles. The van der Waals surface area contributed by atoms with Gasteiger partial charge < -0.3 is 4.90 Å². The van der Waals surface area contributed by atoms with E-state index >= 15 is 0 Å². The van der Waals surface area contributed by atoms with Crippen molar-refractivity contribution in [3.63, 3.8) is 0 Å². The second kappa shape index (κ2) is 7.00. The number of aromatic nitrogens is 1. The highest BCUT2D eigenvalue weighted by Gasteiger charge is 2.21. The molecule has 7 heteroatoms. The van der Waals surface area contributed by atoms with Gasteiger partial charge in [-0.15, -0.1) is 0 Å². The molecule has 0 bridgehead atoms. The van der Waals surface area contributed by atoms with E-state index in [1.165, 1.54) is 6.20 Å². The third-order valence-electron chi connectivity index (χ3n) is 1.96. The molecule has 1 aromatic heterocycles. The van der Waals surface area contributed by atoms with Gasteiger partial charge >= 0.3 is 0 Å². The van der Waals surface area contributed by atoms with Crippen LogP contribution in [0.15, 0.2) is 22.8 Å². The summed E-state index contributed by atoms with van der Waals surface area (Å²) in [7, 11) is 0. The molecular weight excluding hydrogens is 362 g/mol. The number of halogens is 4. The maximum Gasteiger partial charge on any atom is 0.273 e. The molecule has 17 heavy (non-hydrogen) atoms. The van der Waals surface area contributed by atoms with Crippen LogP contribution in [0.2, 0.25) is 0 Å². The van der Waals surface area contributed by atoms with Gasteiger partial charge in [0, 0.05) is 22.5 Å². The standard InChI is InChI=1S/C10H10Br2F2N2O/c11-3-5-16(6-8(13)14)10(17)9-7(12)2-1-4-15-9/h1-2,4,8H,3,5-6H2. The molecule has 0 fully saturated rings. The van der Waals surface area contributed by atoms with Crippen molar-refractivity contribution in [2.24, 2.45) is 0 Å². The van der Waals surface area contributed by atoms with Gasteiger partial charge in [-0.05, 0) is 28.1 Å². The van der Waals surface area contributed by atoms with Crippen molar-refractivity contribution in [1.82, 2.24) is 9.88 Å². The quantitative estimate of drug-likeness (QED) is 0.745. The number of carbonyl (C=O) groups excluding carboxylic acids is 1. The van der Waals surface area contributed by atoms with Gasteiger partial charge in [-0.3, -0.25) is 4.79 Å². The molecule has 0 spiro atoms. The molecule has 1 heterocycles. The summed E-state index contributed by atoms with van der Waals surface area (Å²) in [5.41, 5.74) is 0.147. The topological polar surface area (TPSA) is 33.2 Å². The van der Waals surface area contributed by atoms with Gasteiger partial charge in [-0.1, -0.05) is 15.9 Å². The van der Waals surface area contributed by atoms with E-state index in [9.17, 15) is 13.6 Å². The normalized spacial score (nSPS) is 10.6. The van der Waals surface area contributed by atoms with E-state index in [2.05, 4.69) is 36.8 Å². The van der Waals surface area contributed by atoms with Crippen LogP contribution in [0.25, 0.3) is 0 Å². The first-order valence-corrected chi connectivity index (χ1v) is 6.71. The Bertz CT molecular complexity index is 390. The molecule has 1 aromatic rings. The van der Waals surface area contributed by atoms with Gasteiger partial charge in [-0.25, -0.2) is 13.8 Å². The highest BCUT2D eigenvalue weighted by Crippen LogP contribution is 2.16. The third kappa shape index (κ3) is 4.31. The summed E-state index contributed by atoms with van der Waals surface area (Å²) < 4.78 is 25.2. The molecule has 0 unspecified atom stereocenters. The van der Waals surface area contributed by atoms with Gasteiger partial charge in [0.05, 0.1) is 6.54 Å². The molecule has 0 aromatic carbocycles. The lowest BCUT2D eigenvalue weighted by molar-refractivity contribution is 0.0566. The average Bonchev–Trinajstić information content (AvgIpc) is 2.28. The first-order chi connectivity index (χ1) is 8.06. The van der Waals surface area contributed by atoms with Crippen LogP contribution >= 0.6 is 31.9 Å². The Hall–Kier alpha value is -0.560. The molecule has 0 aliphatic rings. The zero-order valence-corrected chi connectivity index (χ0v) is 11.9. The van der Waals surface area contributed by atoms with Crippen molar-refractivity contribution in [2.75, 3.05) is 18.4 Å². The van der Waals surface area contributed by atoms with Crippen LogP contribution in [0.5, 0.6) is 0 Å². The zero-order chi connectivity index (χ0) is 12.8. The molecule has 0 atom stereocenters. The fourth-order valence-electron chi connectivity index (χ4n) is 1.24. The molecule has 0 saturated carbocycles. The Morgan fingerprint density at radius 2 is 2.24 bits per heavy atom. The van der Waals surface area contributed by atoms with E-state index in [4.69, 9.17) is 0 Å². The number of hydrogen-bond acceptors (Lipinski definition) is 2. The number of carbonyl (C=O) groups is 1. The average molecular weight is 372 g/mol. The van der Waals surface area contributed by atoms with Gasteiger partial charge in [0.25, 0.3) is 12.3 Å². The van der Waals surface area contributed by atoms with Crippen LogP contribution in [0.1, 0.15) is 10.5 Å². The molecular formula is C10H10Br2F2N2O. The Morgan fingerprint density at radius 1 is 1.53 bits per heavy atom. The SMILES string of the molecule is O=C(c1ncccc1Br)N(CCBr)CC(F)F. The van der Waals surface area contributed by atoms with Crippen molar-refractivity contribution in [3.8, 4) is 0 Å². The van der Waals surface area contributed by atoms with Gasteiger partial charge in [-0.2, -0.15) is 0 Å². The monoisotopic (exact) mass is 370 g/mol. The second-order valence-corrected chi connectivity index (χ2v) is 4.81. The fourth-order valence-corrected chi connectivity index (χ4v) is 2.09. The summed E-state index contributed by atoms with van der Waals surface area (Å²) in [6, 6.07) is 3.30. The molecule has 0 saturated heterocycles. The van der Waals surface area contributed by atoms with E-state index in [-0.39, 0.29) is 12.2 Å². The van der Waals surface area contributed by atoms with Crippen LogP contribution in [-0.4, -0.2) is 40.6 Å². The maximum absolute atomic E-state index is 12.3. The van der Waals surface area contributed by atoms with E-state index in [0.717, 1.165) is 4.90 Å². The Balaban J connectivity index is 2.88. The minimum Gasteiger partial charge on any atom is -0.331 e. The lowest BCUT2D eigenvalue weighted by Gasteiger charge is -2.21. The second-order valence-electron chi connectivity index (χ2n) is 3.17. The van der Waals surface area contributed by atoms with Gasteiger partial charge in [0.2, 0.25) is 0 Å². The van der Waals surface area contributed by atoms with Crippen molar-refractivity contribution in [1.29, 1.82) is 0 Å². The van der Waals surface area contributed by atoms with Crippen molar-refractivity contribution < 1.29 is 13.6 Å². The molecule has 0 aliphatic heterocycles. The van der Waals surface area contributed by atoms with Crippen LogP contribution in [0.3, 0.4) is 0 Å². The van der Waals surface area contributed by atoms with Crippen molar-refractivity contribution in [3.05, 3.63) is 28.5 Å². The van der Waals surface area contributed by atoms with Crippen molar-refractivity contribution in [2.45, 2.75) is 6.43 Å². The van der Waals surface area contributed by atoms with Crippen LogP contribution < -0.4 is 0 Å². The van der Waals surface area contributed by atoms with Gasteiger partial charge in [0.15, 0.2) is 0 Å². The Morgan fingerprint density at radius 3 is 2.76 bits per heavy atom. The lowest BCUT2D eigenvalue weighted by Crippen LogP contribution is -2.37. The predicted octanol–water partition coefficient (Wildman–Crippen LogP) is 2.95. The molecule has 3 nitrogen and oxygen atoms in total. The molecule has 94 valence electrons. The molecule has 1 amide bonds. The number of pyridine rings is 1. The summed E-state index contributed by atoms with van der Waals surface area (Å²) in [4.78, 5) is 16.9. The minimum absolute atomic E-state index is 0.147. The van der Waals surface area contributed by atoms with Crippen LogP contribution in [0, 0.1) is 0 Å². The van der Waals surface area contributed by atoms with E-state index in [0.29, 0.717) is 9.80 Å². The van der Waals surface area contributed by atoms with E-state index in [1.807, 2.05) is 0 Å².